The van der Waals surface area contributed by atoms with Gasteiger partial charge in [-0.15, -0.1) is 0 Å². The summed E-state index contributed by atoms with van der Waals surface area (Å²) >= 11 is 5.69. The summed E-state index contributed by atoms with van der Waals surface area (Å²) in [6.45, 7) is 6.09. The average molecular weight is 291 g/mol. The molecule has 1 unspecified atom stereocenters. The van der Waals surface area contributed by atoms with Gasteiger partial charge in [-0.1, -0.05) is 25.4 Å². The van der Waals surface area contributed by atoms with Gasteiger partial charge < -0.3 is 0 Å². The Morgan fingerprint density at radius 1 is 1.33 bits per heavy atom. The van der Waals surface area contributed by atoms with Crippen molar-refractivity contribution < 1.29 is 8.42 Å². The van der Waals surface area contributed by atoms with Crippen molar-refractivity contribution in [3.8, 4) is 0 Å². The van der Waals surface area contributed by atoms with Crippen LogP contribution in [0.2, 0.25) is 5.15 Å². The van der Waals surface area contributed by atoms with Crippen molar-refractivity contribution in [2.75, 3.05) is 0 Å². The SMILES string of the molecule is CC(C)CCC(C)NS(=O)(=O)c1ccnc(Cl)c1. The number of rotatable bonds is 6. The van der Waals surface area contributed by atoms with Gasteiger partial charge in [0.1, 0.15) is 5.15 Å². The number of pyridine rings is 1. The Bertz CT molecular complexity index is 489. The highest BCUT2D eigenvalue weighted by Crippen LogP contribution is 2.14. The van der Waals surface area contributed by atoms with Gasteiger partial charge in [-0.25, -0.2) is 18.1 Å². The summed E-state index contributed by atoms with van der Waals surface area (Å²) < 4.78 is 26.7. The van der Waals surface area contributed by atoms with E-state index in [1.54, 1.807) is 0 Å². The highest BCUT2D eigenvalue weighted by Gasteiger charge is 2.17. The molecular weight excluding hydrogens is 272 g/mol. The Kier molecular flexibility index (Phi) is 5.56. The molecular formula is C12H19ClN2O2S. The molecule has 1 aromatic heterocycles. The largest absolute Gasteiger partial charge is 0.244 e. The van der Waals surface area contributed by atoms with Gasteiger partial charge in [0, 0.05) is 12.2 Å². The van der Waals surface area contributed by atoms with E-state index in [-0.39, 0.29) is 16.1 Å². The Hall–Kier alpha value is -0.650. The van der Waals surface area contributed by atoms with Crippen molar-refractivity contribution in [2.45, 2.75) is 44.6 Å². The fourth-order valence-electron chi connectivity index (χ4n) is 1.53. The minimum atomic E-state index is -3.50. The van der Waals surface area contributed by atoms with Crippen LogP contribution >= 0.6 is 11.6 Å². The summed E-state index contributed by atoms with van der Waals surface area (Å²) in [5, 5.41) is 0.174. The van der Waals surface area contributed by atoms with E-state index in [4.69, 9.17) is 11.6 Å². The Morgan fingerprint density at radius 3 is 2.56 bits per heavy atom. The highest BCUT2D eigenvalue weighted by atomic mass is 35.5. The number of aromatic nitrogens is 1. The van der Waals surface area contributed by atoms with E-state index in [2.05, 4.69) is 23.6 Å². The predicted molar refractivity (Wildman–Crippen MR) is 73.1 cm³/mol. The molecule has 0 aromatic carbocycles. The van der Waals surface area contributed by atoms with Gasteiger partial charge in [-0.3, -0.25) is 0 Å². The first-order valence-corrected chi connectivity index (χ1v) is 7.81. The zero-order valence-electron chi connectivity index (χ0n) is 10.9. The molecule has 0 aliphatic rings. The Labute approximate surface area is 114 Å². The van der Waals surface area contributed by atoms with Crippen molar-refractivity contribution in [3.63, 3.8) is 0 Å². The molecule has 102 valence electrons. The zero-order valence-corrected chi connectivity index (χ0v) is 12.4. The number of sulfonamides is 1. The maximum Gasteiger partial charge on any atom is 0.240 e. The van der Waals surface area contributed by atoms with Crippen LogP contribution < -0.4 is 4.72 Å². The molecule has 0 saturated heterocycles. The molecule has 6 heteroatoms. The van der Waals surface area contributed by atoms with Crippen LogP contribution in [0.5, 0.6) is 0 Å². The fourth-order valence-corrected chi connectivity index (χ4v) is 3.06. The summed E-state index contributed by atoms with van der Waals surface area (Å²) in [4.78, 5) is 3.92. The third kappa shape index (κ3) is 4.92. The number of nitrogens with one attached hydrogen (secondary N) is 1. The first-order chi connectivity index (χ1) is 8.31. The summed E-state index contributed by atoms with van der Waals surface area (Å²) in [7, 11) is -3.50. The fraction of sp³-hybridized carbons (Fsp3) is 0.583. The second kappa shape index (κ2) is 6.50. The molecule has 0 fully saturated rings. The lowest BCUT2D eigenvalue weighted by molar-refractivity contribution is 0.485. The van der Waals surface area contributed by atoms with Gasteiger partial charge in [0.25, 0.3) is 0 Å². The van der Waals surface area contributed by atoms with E-state index in [9.17, 15) is 8.42 Å². The summed E-state index contributed by atoms with van der Waals surface area (Å²) in [6.07, 6.45) is 3.19. The van der Waals surface area contributed by atoms with Crippen molar-refractivity contribution in [1.29, 1.82) is 0 Å². The molecule has 0 bridgehead atoms. The van der Waals surface area contributed by atoms with E-state index < -0.39 is 10.0 Å². The number of nitrogens with zero attached hydrogens (tertiary/aromatic N) is 1. The van der Waals surface area contributed by atoms with Crippen LogP contribution in [0.15, 0.2) is 23.2 Å². The second-order valence-electron chi connectivity index (χ2n) is 4.81. The standard InChI is InChI=1S/C12H19ClN2O2S/c1-9(2)4-5-10(3)15-18(16,17)11-6-7-14-12(13)8-11/h6-10,15H,4-5H2,1-3H3. The van der Waals surface area contributed by atoms with Crippen molar-refractivity contribution in [3.05, 3.63) is 23.5 Å². The van der Waals surface area contributed by atoms with Gasteiger partial charge >= 0.3 is 0 Å². The Balaban J connectivity index is 2.70. The van der Waals surface area contributed by atoms with Gasteiger partial charge in [0.2, 0.25) is 10.0 Å². The van der Waals surface area contributed by atoms with E-state index in [0.717, 1.165) is 12.8 Å². The van der Waals surface area contributed by atoms with Crippen LogP contribution in [-0.2, 0) is 10.0 Å². The number of hydrogen-bond donors (Lipinski definition) is 1. The van der Waals surface area contributed by atoms with E-state index in [0.29, 0.717) is 5.92 Å². The van der Waals surface area contributed by atoms with Crippen LogP contribution in [0.3, 0.4) is 0 Å². The maximum absolute atomic E-state index is 12.0. The predicted octanol–water partition coefficient (Wildman–Crippen LogP) is 2.84. The summed E-state index contributed by atoms with van der Waals surface area (Å²) in [5.74, 6) is 0.562. The third-order valence-corrected chi connectivity index (χ3v) is 4.34. The molecule has 1 rings (SSSR count). The highest BCUT2D eigenvalue weighted by molar-refractivity contribution is 7.89. The third-order valence-electron chi connectivity index (χ3n) is 2.54. The molecule has 4 nitrogen and oxygen atoms in total. The Morgan fingerprint density at radius 2 is 2.00 bits per heavy atom. The normalized spacial score (nSPS) is 13.8. The molecule has 0 aliphatic carbocycles. The molecule has 18 heavy (non-hydrogen) atoms. The lowest BCUT2D eigenvalue weighted by atomic mass is 10.1. The van der Waals surface area contributed by atoms with E-state index in [1.165, 1.54) is 18.3 Å². The van der Waals surface area contributed by atoms with Crippen LogP contribution in [0.4, 0.5) is 0 Å². The van der Waals surface area contributed by atoms with Crippen LogP contribution in [0.1, 0.15) is 33.6 Å². The zero-order chi connectivity index (χ0) is 13.8. The summed E-state index contributed by atoms with van der Waals surface area (Å²) in [5.41, 5.74) is 0. The molecule has 0 spiro atoms. The lowest BCUT2D eigenvalue weighted by Gasteiger charge is -2.15. The summed E-state index contributed by atoms with van der Waals surface area (Å²) in [6, 6.07) is 2.69. The van der Waals surface area contributed by atoms with E-state index >= 15 is 0 Å². The first-order valence-electron chi connectivity index (χ1n) is 5.95. The van der Waals surface area contributed by atoms with Crippen LogP contribution in [-0.4, -0.2) is 19.4 Å². The minimum absolute atomic E-state index is 0.0932. The maximum atomic E-state index is 12.0. The molecule has 0 aliphatic heterocycles. The molecule has 0 amide bonds. The molecule has 1 atom stereocenters. The number of halogens is 1. The van der Waals surface area contributed by atoms with Crippen LogP contribution in [0.25, 0.3) is 0 Å². The van der Waals surface area contributed by atoms with Crippen molar-refractivity contribution in [2.24, 2.45) is 5.92 Å². The van der Waals surface area contributed by atoms with Crippen molar-refractivity contribution >= 4 is 21.6 Å². The molecule has 1 heterocycles. The van der Waals surface area contributed by atoms with Crippen LogP contribution in [0, 0.1) is 5.92 Å². The second-order valence-corrected chi connectivity index (χ2v) is 6.91. The van der Waals surface area contributed by atoms with Gasteiger partial charge in [-0.05, 0) is 37.8 Å². The molecule has 1 aromatic rings. The lowest BCUT2D eigenvalue weighted by Crippen LogP contribution is -2.32. The van der Waals surface area contributed by atoms with Gasteiger partial charge in [-0.2, -0.15) is 0 Å². The quantitative estimate of drug-likeness (QED) is 0.820. The number of hydrogen-bond acceptors (Lipinski definition) is 3. The minimum Gasteiger partial charge on any atom is -0.244 e. The molecule has 0 radical (unpaired) electrons. The van der Waals surface area contributed by atoms with Gasteiger partial charge in [0.05, 0.1) is 4.90 Å². The monoisotopic (exact) mass is 290 g/mol. The molecule has 1 N–H and O–H groups in total. The topological polar surface area (TPSA) is 59.1 Å². The van der Waals surface area contributed by atoms with Crippen molar-refractivity contribution in [1.82, 2.24) is 9.71 Å². The van der Waals surface area contributed by atoms with E-state index in [1.807, 2.05) is 6.92 Å². The average Bonchev–Trinajstić information content (AvgIpc) is 2.26. The smallest absolute Gasteiger partial charge is 0.240 e. The first kappa shape index (κ1) is 15.4. The molecule has 0 saturated carbocycles. The van der Waals surface area contributed by atoms with Gasteiger partial charge in [0.15, 0.2) is 0 Å².